The molecular weight excluding hydrogens is 288 g/mol. The Morgan fingerprint density at radius 3 is 2.43 bits per heavy atom. The lowest BCUT2D eigenvalue weighted by Gasteiger charge is -2.46. The molecule has 1 fully saturated rings. The normalized spacial score (nSPS) is 25.9. The minimum Gasteiger partial charge on any atom is -0.342 e. The van der Waals surface area contributed by atoms with Gasteiger partial charge in [-0.05, 0) is 23.8 Å². The van der Waals surface area contributed by atoms with E-state index in [9.17, 15) is 9.59 Å². The molecule has 0 saturated carbocycles. The SMILES string of the molecule is CCC(C)C1NC(=O)C(C(C)(C)C)N(CC(C)=CCl)C1=O. The van der Waals surface area contributed by atoms with E-state index in [2.05, 4.69) is 5.32 Å². The van der Waals surface area contributed by atoms with Crippen LogP contribution in [0.1, 0.15) is 48.0 Å². The summed E-state index contributed by atoms with van der Waals surface area (Å²) >= 11 is 5.74. The molecule has 0 bridgehead atoms. The van der Waals surface area contributed by atoms with Gasteiger partial charge in [-0.2, -0.15) is 0 Å². The van der Waals surface area contributed by atoms with E-state index in [1.807, 2.05) is 41.5 Å². The maximum absolute atomic E-state index is 12.8. The van der Waals surface area contributed by atoms with Crippen molar-refractivity contribution >= 4 is 23.4 Å². The quantitative estimate of drug-likeness (QED) is 0.867. The Hall–Kier alpha value is -1.03. The molecule has 0 aromatic carbocycles. The van der Waals surface area contributed by atoms with Crippen LogP contribution in [0.3, 0.4) is 0 Å². The Balaban J connectivity index is 3.17. The first-order valence-corrected chi connectivity index (χ1v) is 7.93. The molecule has 1 aliphatic heterocycles. The molecule has 0 aliphatic carbocycles. The van der Waals surface area contributed by atoms with Gasteiger partial charge in [0.15, 0.2) is 0 Å². The van der Waals surface area contributed by atoms with Crippen LogP contribution in [-0.2, 0) is 9.59 Å². The molecule has 1 rings (SSSR count). The first-order chi connectivity index (χ1) is 9.63. The van der Waals surface area contributed by atoms with E-state index in [1.54, 1.807) is 4.90 Å². The highest BCUT2D eigenvalue weighted by Gasteiger charge is 2.46. The number of nitrogens with one attached hydrogen (secondary N) is 1. The average Bonchev–Trinajstić information content (AvgIpc) is 2.39. The Labute approximate surface area is 132 Å². The van der Waals surface area contributed by atoms with Gasteiger partial charge in [-0.3, -0.25) is 9.59 Å². The summed E-state index contributed by atoms with van der Waals surface area (Å²) in [6.07, 6.45) is 0.842. The number of piperazine rings is 1. The zero-order valence-corrected chi connectivity index (χ0v) is 14.6. The second kappa shape index (κ2) is 6.82. The molecule has 1 aliphatic rings. The van der Waals surface area contributed by atoms with Crippen molar-refractivity contribution in [2.75, 3.05) is 6.54 Å². The van der Waals surface area contributed by atoms with Gasteiger partial charge in [0.2, 0.25) is 11.8 Å². The smallest absolute Gasteiger partial charge is 0.246 e. The predicted octanol–water partition coefficient (Wildman–Crippen LogP) is 2.92. The van der Waals surface area contributed by atoms with Crippen molar-refractivity contribution < 1.29 is 9.59 Å². The third-order valence-electron chi connectivity index (χ3n) is 4.05. The molecule has 0 radical (unpaired) electrons. The van der Waals surface area contributed by atoms with Gasteiger partial charge in [0.25, 0.3) is 0 Å². The van der Waals surface area contributed by atoms with Gasteiger partial charge < -0.3 is 10.2 Å². The second-order valence-electron chi connectivity index (χ2n) is 7.06. The number of carbonyl (C=O) groups excluding carboxylic acids is 2. The topological polar surface area (TPSA) is 49.4 Å². The molecule has 1 heterocycles. The van der Waals surface area contributed by atoms with Crippen molar-refractivity contribution in [1.29, 1.82) is 0 Å². The molecule has 120 valence electrons. The fourth-order valence-corrected chi connectivity index (χ4v) is 2.76. The van der Waals surface area contributed by atoms with E-state index in [0.717, 1.165) is 12.0 Å². The van der Waals surface area contributed by atoms with Crippen molar-refractivity contribution in [2.24, 2.45) is 11.3 Å². The van der Waals surface area contributed by atoms with E-state index in [1.165, 1.54) is 5.54 Å². The van der Waals surface area contributed by atoms with Crippen LogP contribution < -0.4 is 5.32 Å². The summed E-state index contributed by atoms with van der Waals surface area (Å²) in [5.74, 6) is 0.0293. The molecule has 1 saturated heterocycles. The van der Waals surface area contributed by atoms with E-state index in [0.29, 0.717) is 6.54 Å². The van der Waals surface area contributed by atoms with Crippen LogP contribution in [-0.4, -0.2) is 35.3 Å². The van der Waals surface area contributed by atoms with Crippen LogP contribution >= 0.6 is 11.6 Å². The first-order valence-electron chi connectivity index (χ1n) is 7.50. The standard InChI is InChI=1S/C16H27ClN2O2/c1-7-11(3)12-15(21)19(9-10(2)8-17)13(14(20)18-12)16(4,5)6/h8,11-13H,7,9H2,1-6H3,(H,18,20). The van der Waals surface area contributed by atoms with Crippen LogP contribution in [0, 0.1) is 11.3 Å². The summed E-state index contributed by atoms with van der Waals surface area (Å²) in [7, 11) is 0. The number of nitrogens with zero attached hydrogens (tertiary/aromatic N) is 1. The maximum atomic E-state index is 12.8. The molecule has 0 aromatic heterocycles. The highest BCUT2D eigenvalue weighted by atomic mass is 35.5. The fourth-order valence-electron chi connectivity index (χ4n) is 2.70. The van der Waals surface area contributed by atoms with Gasteiger partial charge in [0.1, 0.15) is 12.1 Å². The lowest BCUT2D eigenvalue weighted by Crippen LogP contribution is -2.68. The van der Waals surface area contributed by atoms with E-state index < -0.39 is 12.1 Å². The van der Waals surface area contributed by atoms with Gasteiger partial charge >= 0.3 is 0 Å². The zero-order valence-electron chi connectivity index (χ0n) is 13.9. The Morgan fingerprint density at radius 1 is 1.43 bits per heavy atom. The highest BCUT2D eigenvalue weighted by molar-refractivity contribution is 6.25. The minimum atomic E-state index is -0.475. The van der Waals surface area contributed by atoms with Gasteiger partial charge in [-0.25, -0.2) is 0 Å². The monoisotopic (exact) mass is 314 g/mol. The number of carbonyl (C=O) groups is 2. The van der Waals surface area contributed by atoms with E-state index in [4.69, 9.17) is 11.6 Å². The fraction of sp³-hybridized carbons (Fsp3) is 0.750. The molecule has 5 heteroatoms. The van der Waals surface area contributed by atoms with E-state index >= 15 is 0 Å². The molecule has 3 unspecified atom stereocenters. The third kappa shape index (κ3) is 4.00. The third-order valence-corrected chi connectivity index (χ3v) is 4.42. The zero-order chi connectivity index (χ0) is 16.4. The Kier molecular flexibility index (Phi) is 5.85. The number of halogens is 1. The second-order valence-corrected chi connectivity index (χ2v) is 7.28. The van der Waals surface area contributed by atoms with Crippen molar-refractivity contribution in [3.05, 3.63) is 11.1 Å². The molecule has 2 amide bonds. The summed E-state index contributed by atoms with van der Waals surface area (Å²) in [5, 5.41) is 2.91. The lowest BCUT2D eigenvalue weighted by molar-refractivity contribution is -0.154. The maximum Gasteiger partial charge on any atom is 0.246 e. The van der Waals surface area contributed by atoms with Crippen LogP contribution in [0.2, 0.25) is 0 Å². The summed E-state index contributed by atoms with van der Waals surface area (Å²) in [6.45, 7) is 12.2. The number of hydrogen-bond donors (Lipinski definition) is 1. The van der Waals surface area contributed by atoms with Crippen molar-refractivity contribution in [3.63, 3.8) is 0 Å². The minimum absolute atomic E-state index is 0.0123. The van der Waals surface area contributed by atoms with E-state index in [-0.39, 0.29) is 23.1 Å². The van der Waals surface area contributed by atoms with Crippen molar-refractivity contribution in [2.45, 2.75) is 60.0 Å². The Bertz CT molecular complexity index is 440. The molecule has 4 nitrogen and oxygen atoms in total. The van der Waals surface area contributed by atoms with Gasteiger partial charge in [-0.15, -0.1) is 0 Å². The van der Waals surface area contributed by atoms with Crippen LogP contribution in [0.15, 0.2) is 11.1 Å². The largest absolute Gasteiger partial charge is 0.342 e. The first kappa shape index (κ1) is 18.0. The van der Waals surface area contributed by atoms with Crippen LogP contribution in [0.4, 0.5) is 0 Å². The Morgan fingerprint density at radius 2 is 2.00 bits per heavy atom. The summed E-state index contributed by atoms with van der Waals surface area (Å²) in [5.41, 5.74) is 2.02. The number of hydrogen-bond acceptors (Lipinski definition) is 2. The molecule has 3 atom stereocenters. The van der Waals surface area contributed by atoms with Crippen LogP contribution in [0.5, 0.6) is 0 Å². The highest BCUT2D eigenvalue weighted by Crippen LogP contribution is 2.30. The van der Waals surface area contributed by atoms with Crippen molar-refractivity contribution in [3.8, 4) is 0 Å². The van der Waals surface area contributed by atoms with Gasteiger partial charge in [-0.1, -0.05) is 52.6 Å². The lowest BCUT2D eigenvalue weighted by atomic mass is 9.81. The summed E-state index contributed by atoms with van der Waals surface area (Å²) in [4.78, 5) is 27.0. The number of rotatable bonds is 4. The molecule has 0 aromatic rings. The predicted molar refractivity (Wildman–Crippen MR) is 86.0 cm³/mol. The summed E-state index contributed by atoms with van der Waals surface area (Å²) < 4.78 is 0. The number of amides is 2. The molecule has 0 spiro atoms. The molecule has 1 N–H and O–H groups in total. The molecular formula is C16H27ClN2O2. The molecule has 21 heavy (non-hydrogen) atoms. The van der Waals surface area contributed by atoms with Gasteiger partial charge in [0.05, 0.1) is 0 Å². The average molecular weight is 315 g/mol. The summed E-state index contributed by atoms with van der Waals surface area (Å²) in [6, 6.07) is -0.916. The van der Waals surface area contributed by atoms with Crippen molar-refractivity contribution in [1.82, 2.24) is 10.2 Å². The van der Waals surface area contributed by atoms with Crippen LogP contribution in [0.25, 0.3) is 0 Å². The van der Waals surface area contributed by atoms with Gasteiger partial charge in [0, 0.05) is 12.1 Å².